The lowest BCUT2D eigenvalue weighted by molar-refractivity contribution is 0.0409. The first kappa shape index (κ1) is 16.7. The third-order valence-electron chi connectivity index (χ3n) is 6.18. The summed E-state index contributed by atoms with van der Waals surface area (Å²) in [6.45, 7) is 8.50. The van der Waals surface area contributed by atoms with Crippen LogP contribution in [-0.2, 0) is 0 Å². The Hall–Kier alpha value is -0.160. The van der Waals surface area contributed by atoms with Crippen LogP contribution < -0.4 is 0 Å². The molecule has 2 heterocycles. The lowest BCUT2D eigenvalue weighted by Crippen LogP contribution is -2.54. The molecule has 0 atom stereocenters. The van der Waals surface area contributed by atoms with E-state index in [1.807, 2.05) is 0 Å². The van der Waals surface area contributed by atoms with Gasteiger partial charge in [-0.15, -0.1) is 0 Å². The maximum atomic E-state index is 9.05. The van der Waals surface area contributed by atoms with E-state index in [2.05, 4.69) is 14.7 Å². The van der Waals surface area contributed by atoms with Crippen molar-refractivity contribution in [2.75, 3.05) is 52.4 Å². The molecule has 1 aliphatic carbocycles. The molecule has 3 rings (SSSR count). The van der Waals surface area contributed by atoms with Crippen molar-refractivity contribution in [2.24, 2.45) is 0 Å². The summed E-state index contributed by atoms with van der Waals surface area (Å²) in [5.74, 6) is 0. The van der Waals surface area contributed by atoms with Gasteiger partial charge >= 0.3 is 0 Å². The maximum Gasteiger partial charge on any atom is 0.0558 e. The third kappa shape index (κ3) is 4.44. The molecule has 128 valence electrons. The van der Waals surface area contributed by atoms with Crippen molar-refractivity contribution in [3.8, 4) is 0 Å². The molecule has 0 aromatic rings. The minimum atomic E-state index is 0.305. The number of hydrogen-bond acceptors (Lipinski definition) is 4. The second-order valence-corrected chi connectivity index (χ2v) is 7.51. The van der Waals surface area contributed by atoms with Gasteiger partial charge in [-0.2, -0.15) is 0 Å². The number of aliphatic hydroxyl groups is 1. The van der Waals surface area contributed by atoms with Crippen LogP contribution in [0.3, 0.4) is 0 Å². The van der Waals surface area contributed by atoms with Gasteiger partial charge in [-0.1, -0.05) is 25.7 Å². The van der Waals surface area contributed by atoms with E-state index < -0.39 is 0 Å². The highest BCUT2D eigenvalue weighted by Gasteiger charge is 2.30. The van der Waals surface area contributed by atoms with E-state index in [9.17, 15) is 0 Å². The smallest absolute Gasteiger partial charge is 0.0558 e. The summed E-state index contributed by atoms with van der Waals surface area (Å²) in [5.41, 5.74) is 0. The summed E-state index contributed by atoms with van der Waals surface area (Å²) >= 11 is 0. The highest BCUT2D eigenvalue weighted by Crippen LogP contribution is 2.26. The number of likely N-dealkylation sites (tertiary alicyclic amines) is 1. The Bertz CT molecular complexity index is 301. The van der Waals surface area contributed by atoms with Crippen LogP contribution in [0.5, 0.6) is 0 Å². The van der Waals surface area contributed by atoms with Crippen LogP contribution in [0.15, 0.2) is 0 Å². The monoisotopic (exact) mass is 309 g/mol. The average Bonchev–Trinajstić information content (AvgIpc) is 2.85. The fourth-order valence-electron chi connectivity index (χ4n) is 4.73. The van der Waals surface area contributed by atoms with Crippen LogP contribution >= 0.6 is 0 Å². The van der Waals surface area contributed by atoms with Gasteiger partial charge in [0.2, 0.25) is 0 Å². The normalized spacial score (nSPS) is 28.8. The third-order valence-corrected chi connectivity index (χ3v) is 6.18. The summed E-state index contributed by atoms with van der Waals surface area (Å²) in [7, 11) is 0. The van der Waals surface area contributed by atoms with Gasteiger partial charge in [0.15, 0.2) is 0 Å². The molecule has 0 unspecified atom stereocenters. The van der Waals surface area contributed by atoms with Crippen molar-refractivity contribution in [2.45, 2.75) is 63.5 Å². The zero-order chi connectivity index (χ0) is 15.2. The Morgan fingerprint density at radius 1 is 0.636 bits per heavy atom. The molecule has 3 aliphatic rings. The van der Waals surface area contributed by atoms with Gasteiger partial charge in [0, 0.05) is 44.8 Å². The summed E-state index contributed by atoms with van der Waals surface area (Å²) in [4.78, 5) is 7.93. The molecular formula is C18H35N3O. The van der Waals surface area contributed by atoms with Gasteiger partial charge < -0.3 is 10.0 Å². The first-order valence-corrected chi connectivity index (χ1v) is 9.68. The lowest BCUT2D eigenvalue weighted by atomic mass is 9.98. The molecule has 22 heavy (non-hydrogen) atoms. The van der Waals surface area contributed by atoms with E-state index in [1.165, 1.54) is 77.5 Å². The second kappa shape index (κ2) is 8.62. The number of piperazine rings is 1. The standard InChI is InChI=1S/C18H35N3O/c22-16-15-19-11-13-21(14-12-19)18-7-9-20(10-8-18)17-5-3-1-2-4-6-17/h17-18,22H,1-16H2. The van der Waals surface area contributed by atoms with Crippen molar-refractivity contribution < 1.29 is 5.11 Å². The molecule has 4 nitrogen and oxygen atoms in total. The molecule has 0 aromatic carbocycles. The zero-order valence-corrected chi connectivity index (χ0v) is 14.3. The SMILES string of the molecule is OCCN1CCN(C2CCN(C3CCCCCC3)CC2)CC1. The molecule has 0 spiro atoms. The lowest BCUT2D eigenvalue weighted by Gasteiger charge is -2.44. The number of hydrogen-bond donors (Lipinski definition) is 1. The van der Waals surface area contributed by atoms with Gasteiger partial charge in [-0.25, -0.2) is 0 Å². The van der Waals surface area contributed by atoms with Crippen molar-refractivity contribution in [1.82, 2.24) is 14.7 Å². The predicted octanol–water partition coefficient (Wildman–Crippen LogP) is 1.78. The Morgan fingerprint density at radius 3 is 1.77 bits per heavy atom. The van der Waals surface area contributed by atoms with Crippen molar-refractivity contribution in [3.05, 3.63) is 0 Å². The Morgan fingerprint density at radius 2 is 1.18 bits per heavy atom. The second-order valence-electron chi connectivity index (χ2n) is 7.51. The molecule has 2 saturated heterocycles. The zero-order valence-electron chi connectivity index (χ0n) is 14.3. The number of aliphatic hydroxyl groups excluding tert-OH is 1. The van der Waals surface area contributed by atoms with Gasteiger partial charge in [0.1, 0.15) is 0 Å². The van der Waals surface area contributed by atoms with E-state index in [0.717, 1.165) is 31.7 Å². The Kier molecular flexibility index (Phi) is 6.54. The predicted molar refractivity (Wildman–Crippen MR) is 91.2 cm³/mol. The molecule has 3 fully saturated rings. The fourth-order valence-corrected chi connectivity index (χ4v) is 4.73. The Labute approximate surface area is 136 Å². The summed E-state index contributed by atoms with van der Waals surface area (Å²) < 4.78 is 0. The van der Waals surface area contributed by atoms with Crippen molar-refractivity contribution >= 4 is 0 Å². The van der Waals surface area contributed by atoms with E-state index in [0.29, 0.717) is 6.61 Å². The molecule has 0 bridgehead atoms. The molecule has 4 heteroatoms. The van der Waals surface area contributed by atoms with Crippen molar-refractivity contribution in [1.29, 1.82) is 0 Å². The van der Waals surface area contributed by atoms with Gasteiger partial charge in [-0.3, -0.25) is 9.80 Å². The van der Waals surface area contributed by atoms with E-state index in [-0.39, 0.29) is 0 Å². The first-order valence-electron chi connectivity index (χ1n) is 9.68. The van der Waals surface area contributed by atoms with E-state index >= 15 is 0 Å². The summed E-state index contributed by atoms with van der Waals surface area (Å²) in [6, 6.07) is 1.71. The number of rotatable bonds is 4. The van der Waals surface area contributed by atoms with Crippen LogP contribution in [0.2, 0.25) is 0 Å². The largest absolute Gasteiger partial charge is 0.395 e. The molecule has 1 N–H and O–H groups in total. The summed E-state index contributed by atoms with van der Waals surface area (Å²) in [5, 5.41) is 9.05. The quantitative estimate of drug-likeness (QED) is 0.802. The molecule has 0 amide bonds. The molecule has 2 aliphatic heterocycles. The first-order chi connectivity index (χ1) is 10.9. The Balaban J connectivity index is 1.40. The molecule has 0 radical (unpaired) electrons. The minimum absolute atomic E-state index is 0.305. The molecule has 0 aromatic heterocycles. The van der Waals surface area contributed by atoms with Crippen LogP contribution in [0.1, 0.15) is 51.4 Å². The van der Waals surface area contributed by atoms with Gasteiger partial charge in [-0.05, 0) is 38.8 Å². The maximum absolute atomic E-state index is 9.05. The van der Waals surface area contributed by atoms with Crippen molar-refractivity contribution in [3.63, 3.8) is 0 Å². The van der Waals surface area contributed by atoms with Crippen LogP contribution in [0.4, 0.5) is 0 Å². The molecule has 1 saturated carbocycles. The highest BCUT2D eigenvalue weighted by atomic mass is 16.3. The highest BCUT2D eigenvalue weighted by molar-refractivity contribution is 4.86. The molecular weight excluding hydrogens is 274 g/mol. The van der Waals surface area contributed by atoms with Crippen LogP contribution in [0, 0.1) is 0 Å². The summed E-state index contributed by atoms with van der Waals surface area (Å²) in [6.07, 6.45) is 11.5. The van der Waals surface area contributed by atoms with Crippen LogP contribution in [-0.4, -0.2) is 84.3 Å². The average molecular weight is 309 g/mol. The number of nitrogens with zero attached hydrogens (tertiary/aromatic N) is 3. The minimum Gasteiger partial charge on any atom is -0.395 e. The fraction of sp³-hybridized carbons (Fsp3) is 1.00. The number of β-amino-alcohol motifs (C(OH)–C–C–N with tert-alkyl or cyclic N) is 1. The topological polar surface area (TPSA) is 30.0 Å². The van der Waals surface area contributed by atoms with Crippen LogP contribution in [0.25, 0.3) is 0 Å². The number of piperidine rings is 1. The van der Waals surface area contributed by atoms with Gasteiger partial charge in [0.25, 0.3) is 0 Å². The van der Waals surface area contributed by atoms with E-state index in [4.69, 9.17) is 5.11 Å². The van der Waals surface area contributed by atoms with E-state index in [1.54, 1.807) is 0 Å². The van der Waals surface area contributed by atoms with Gasteiger partial charge in [0.05, 0.1) is 6.61 Å².